The average Bonchev–Trinajstić information content (AvgIpc) is 2.48. The minimum absolute atomic E-state index is 0.0533. The van der Waals surface area contributed by atoms with Gasteiger partial charge < -0.3 is 10.6 Å². The fourth-order valence-corrected chi connectivity index (χ4v) is 2.55. The van der Waals surface area contributed by atoms with Gasteiger partial charge in [0.15, 0.2) is 0 Å². The lowest BCUT2D eigenvalue weighted by Gasteiger charge is -2.26. The number of hydrogen-bond donors (Lipinski definition) is 2. The summed E-state index contributed by atoms with van der Waals surface area (Å²) in [6, 6.07) is 5.45. The van der Waals surface area contributed by atoms with Crippen LogP contribution in [0.4, 0.5) is 4.39 Å². The number of carbonyl (C=O) groups excluding carboxylic acids is 2. The van der Waals surface area contributed by atoms with Gasteiger partial charge in [-0.25, -0.2) is 4.39 Å². The van der Waals surface area contributed by atoms with Crippen molar-refractivity contribution in [1.29, 1.82) is 0 Å². The molecule has 0 atom stereocenters. The summed E-state index contributed by atoms with van der Waals surface area (Å²) in [7, 11) is 0. The Hall–Kier alpha value is -1.91. The van der Waals surface area contributed by atoms with Crippen molar-refractivity contribution in [1.82, 2.24) is 10.6 Å². The van der Waals surface area contributed by atoms with Crippen LogP contribution in [0.3, 0.4) is 0 Å². The normalized spacial score (nSPS) is 21.6. The van der Waals surface area contributed by atoms with E-state index in [-0.39, 0.29) is 24.4 Å². The fraction of sp³-hybridized carbons (Fsp3) is 0.500. The molecule has 0 unspecified atom stereocenters. The van der Waals surface area contributed by atoms with Gasteiger partial charge in [-0.05, 0) is 55.9 Å². The van der Waals surface area contributed by atoms with Crippen LogP contribution < -0.4 is 10.6 Å². The number of amides is 2. The zero-order valence-corrected chi connectivity index (χ0v) is 12.2. The van der Waals surface area contributed by atoms with Crippen molar-refractivity contribution in [2.45, 2.75) is 38.6 Å². The van der Waals surface area contributed by atoms with Crippen molar-refractivity contribution in [3.8, 4) is 0 Å². The lowest BCUT2D eigenvalue weighted by Crippen LogP contribution is -2.43. The maximum absolute atomic E-state index is 12.8. The van der Waals surface area contributed by atoms with Gasteiger partial charge in [0.1, 0.15) is 5.82 Å². The van der Waals surface area contributed by atoms with E-state index in [1.807, 2.05) is 0 Å². The van der Waals surface area contributed by atoms with Gasteiger partial charge in [0.25, 0.3) is 5.91 Å². The van der Waals surface area contributed by atoms with Crippen LogP contribution in [0.5, 0.6) is 0 Å². The molecule has 1 aromatic rings. The lowest BCUT2D eigenvalue weighted by molar-refractivity contribution is -0.121. The predicted octanol–water partition coefficient (Wildman–Crippen LogP) is 2.25. The van der Waals surface area contributed by atoms with Gasteiger partial charge in [-0.2, -0.15) is 0 Å². The molecule has 1 aliphatic rings. The first kappa shape index (κ1) is 15.5. The SMILES string of the molecule is CC1CCC(NC(=O)CNC(=O)c2ccc(F)cc2)CC1. The van der Waals surface area contributed by atoms with Crippen molar-refractivity contribution in [2.24, 2.45) is 5.92 Å². The molecule has 4 nitrogen and oxygen atoms in total. The molecular weight excluding hydrogens is 271 g/mol. The summed E-state index contributed by atoms with van der Waals surface area (Å²) < 4.78 is 12.8. The molecule has 0 saturated heterocycles. The van der Waals surface area contributed by atoms with E-state index in [0.29, 0.717) is 5.56 Å². The summed E-state index contributed by atoms with van der Waals surface area (Å²) in [6.45, 7) is 2.17. The van der Waals surface area contributed by atoms with Crippen LogP contribution in [0.15, 0.2) is 24.3 Å². The van der Waals surface area contributed by atoms with Gasteiger partial charge in [-0.3, -0.25) is 9.59 Å². The van der Waals surface area contributed by atoms with E-state index < -0.39 is 5.82 Å². The number of halogens is 1. The maximum atomic E-state index is 12.8. The highest BCUT2D eigenvalue weighted by molar-refractivity contribution is 5.96. The molecule has 0 aliphatic heterocycles. The molecule has 0 aromatic heterocycles. The summed E-state index contributed by atoms with van der Waals surface area (Å²) in [5.74, 6) is -0.209. The molecule has 2 N–H and O–H groups in total. The second-order valence-corrected chi connectivity index (χ2v) is 5.71. The van der Waals surface area contributed by atoms with E-state index >= 15 is 0 Å². The monoisotopic (exact) mass is 292 g/mol. The van der Waals surface area contributed by atoms with E-state index in [4.69, 9.17) is 0 Å². The summed E-state index contributed by atoms with van der Waals surface area (Å²) in [6.07, 6.45) is 4.26. The van der Waals surface area contributed by atoms with Crippen LogP contribution in [-0.4, -0.2) is 24.4 Å². The first-order valence-electron chi connectivity index (χ1n) is 7.37. The summed E-state index contributed by atoms with van der Waals surface area (Å²) in [4.78, 5) is 23.6. The number of carbonyl (C=O) groups is 2. The number of rotatable bonds is 4. The molecule has 5 heteroatoms. The third-order valence-corrected chi connectivity index (χ3v) is 3.90. The summed E-state index contributed by atoms with van der Waals surface area (Å²) in [5.41, 5.74) is 0.343. The number of hydrogen-bond acceptors (Lipinski definition) is 2. The average molecular weight is 292 g/mol. The van der Waals surface area contributed by atoms with Crippen LogP contribution in [0.2, 0.25) is 0 Å². The van der Waals surface area contributed by atoms with E-state index in [0.717, 1.165) is 31.6 Å². The zero-order chi connectivity index (χ0) is 15.2. The second-order valence-electron chi connectivity index (χ2n) is 5.71. The Balaban J connectivity index is 1.73. The summed E-state index contributed by atoms with van der Waals surface area (Å²) >= 11 is 0. The molecule has 1 fully saturated rings. The molecule has 0 spiro atoms. The van der Waals surface area contributed by atoms with Crippen molar-refractivity contribution in [3.05, 3.63) is 35.6 Å². The first-order chi connectivity index (χ1) is 10.0. The highest BCUT2D eigenvalue weighted by atomic mass is 19.1. The van der Waals surface area contributed by atoms with E-state index in [1.54, 1.807) is 0 Å². The molecule has 0 heterocycles. The summed E-state index contributed by atoms with van der Waals surface area (Å²) in [5, 5.41) is 5.48. The minimum Gasteiger partial charge on any atom is -0.352 e. The zero-order valence-electron chi connectivity index (χ0n) is 12.2. The fourth-order valence-electron chi connectivity index (χ4n) is 2.55. The molecular formula is C16H21FN2O2. The maximum Gasteiger partial charge on any atom is 0.251 e. The molecule has 1 aromatic carbocycles. The van der Waals surface area contributed by atoms with Crippen LogP contribution in [0, 0.1) is 11.7 Å². The third kappa shape index (κ3) is 4.85. The number of nitrogens with one attached hydrogen (secondary N) is 2. The van der Waals surface area contributed by atoms with E-state index in [1.165, 1.54) is 24.3 Å². The smallest absolute Gasteiger partial charge is 0.251 e. The van der Waals surface area contributed by atoms with Gasteiger partial charge in [0.2, 0.25) is 5.91 Å². The Morgan fingerprint density at radius 3 is 2.38 bits per heavy atom. The van der Waals surface area contributed by atoms with Crippen molar-refractivity contribution in [3.63, 3.8) is 0 Å². The van der Waals surface area contributed by atoms with Crippen LogP contribution >= 0.6 is 0 Å². The standard InChI is InChI=1S/C16H21FN2O2/c1-11-2-8-14(9-3-11)19-15(20)10-18-16(21)12-4-6-13(17)7-5-12/h4-7,11,14H,2-3,8-10H2,1H3,(H,18,21)(H,19,20). The van der Waals surface area contributed by atoms with Crippen LogP contribution in [0.1, 0.15) is 43.0 Å². The Kier molecular flexibility index (Phi) is 5.31. The lowest BCUT2D eigenvalue weighted by atomic mass is 9.87. The van der Waals surface area contributed by atoms with Crippen molar-refractivity contribution < 1.29 is 14.0 Å². The Morgan fingerprint density at radius 2 is 1.76 bits per heavy atom. The van der Waals surface area contributed by atoms with Gasteiger partial charge in [0.05, 0.1) is 6.54 Å². The highest BCUT2D eigenvalue weighted by Gasteiger charge is 2.19. The molecule has 0 radical (unpaired) electrons. The topological polar surface area (TPSA) is 58.2 Å². The predicted molar refractivity (Wildman–Crippen MR) is 78.3 cm³/mol. The van der Waals surface area contributed by atoms with Gasteiger partial charge in [0, 0.05) is 11.6 Å². The molecule has 1 aliphatic carbocycles. The Labute approximate surface area is 124 Å². The second kappa shape index (κ2) is 7.20. The molecule has 114 valence electrons. The third-order valence-electron chi connectivity index (χ3n) is 3.90. The van der Waals surface area contributed by atoms with Crippen LogP contribution in [0.25, 0.3) is 0 Å². The molecule has 2 rings (SSSR count). The molecule has 0 bridgehead atoms. The van der Waals surface area contributed by atoms with Gasteiger partial charge in [-0.15, -0.1) is 0 Å². The highest BCUT2D eigenvalue weighted by Crippen LogP contribution is 2.23. The van der Waals surface area contributed by atoms with Crippen LogP contribution in [-0.2, 0) is 4.79 Å². The van der Waals surface area contributed by atoms with E-state index in [9.17, 15) is 14.0 Å². The molecule has 1 saturated carbocycles. The Bertz CT molecular complexity index is 494. The largest absolute Gasteiger partial charge is 0.352 e. The minimum atomic E-state index is -0.393. The first-order valence-corrected chi connectivity index (χ1v) is 7.37. The molecule has 21 heavy (non-hydrogen) atoms. The molecule has 2 amide bonds. The number of benzene rings is 1. The van der Waals surface area contributed by atoms with Gasteiger partial charge in [-0.1, -0.05) is 6.92 Å². The Morgan fingerprint density at radius 1 is 1.14 bits per heavy atom. The quantitative estimate of drug-likeness (QED) is 0.894. The van der Waals surface area contributed by atoms with E-state index in [2.05, 4.69) is 17.6 Å². The van der Waals surface area contributed by atoms with Crippen molar-refractivity contribution >= 4 is 11.8 Å². The van der Waals surface area contributed by atoms with Crippen molar-refractivity contribution in [2.75, 3.05) is 6.54 Å². The van der Waals surface area contributed by atoms with Gasteiger partial charge >= 0.3 is 0 Å².